The first-order chi connectivity index (χ1) is 13.2. The molecule has 0 radical (unpaired) electrons. The molecule has 1 N–H and O–H groups in total. The van der Waals surface area contributed by atoms with E-state index >= 15 is 0 Å². The minimum absolute atomic E-state index is 0.00855. The minimum atomic E-state index is -0.152. The summed E-state index contributed by atoms with van der Waals surface area (Å²) in [5.74, 6) is 1.64. The van der Waals surface area contributed by atoms with Crippen molar-refractivity contribution >= 4 is 17.5 Å². The normalized spacial score (nSPS) is 12.8. The Morgan fingerprint density at radius 1 is 1.15 bits per heavy atom. The number of ether oxygens (including phenoxy) is 3. The summed E-state index contributed by atoms with van der Waals surface area (Å²) in [4.78, 5) is 25.7. The van der Waals surface area contributed by atoms with Crippen LogP contribution in [0.4, 0.5) is 5.69 Å². The molecule has 142 valence electrons. The molecule has 0 fully saturated rings. The number of hydrogen-bond acceptors (Lipinski definition) is 5. The maximum Gasteiger partial charge on any atom is 0.265 e. The van der Waals surface area contributed by atoms with Crippen LogP contribution in [0.5, 0.6) is 17.2 Å². The minimum Gasteiger partial charge on any atom is -0.493 e. The van der Waals surface area contributed by atoms with Crippen LogP contribution in [0, 0.1) is 0 Å². The highest BCUT2D eigenvalue weighted by molar-refractivity contribution is 5.98. The fourth-order valence-electron chi connectivity index (χ4n) is 2.79. The zero-order valence-corrected chi connectivity index (χ0v) is 15.1. The summed E-state index contributed by atoms with van der Waals surface area (Å²) in [6, 6.07) is 14.6. The van der Waals surface area contributed by atoms with Gasteiger partial charge in [-0.3, -0.25) is 9.59 Å². The van der Waals surface area contributed by atoms with E-state index in [1.54, 1.807) is 12.0 Å². The number of para-hydroxylation sites is 4. The quantitative estimate of drug-likeness (QED) is 0.720. The second kappa shape index (κ2) is 8.93. The van der Waals surface area contributed by atoms with Crippen molar-refractivity contribution in [2.75, 3.05) is 38.3 Å². The van der Waals surface area contributed by atoms with E-state index in [1.807, 2.05) is 48.5 Å². The summed E-state index contributed by atoms with van der Waals surface area (Å²) in [6.45, 7) is 0.986. The molecule has 0 atom stereocenters. The number of nitrogens with zero attached hydrogens (tertiary/aromatic N) is 1. The van der Waals surface area contributed by atoms with Crippen molar-refractivity contribution in [2.45, 2.75) is 6.42 Å². The third-order valence-electron chi connectivity index (χ3n) is 4.12. The van der Waals surface area contributed by atoms with Gasteiger partial charge in [0.05, 0.1) is 19.3 Å². The van der Waals surface area contributed by atoms with Crippen molar-refractivity contribution in [1.29, 1.82) is 0 Å². The Morgan fingerprint density at radius 3 is 2.70 bits per heavy atom. The zero-order valence-electron chi connectivity index (χ0n) is 15.1. The van der Waals surface area contributed by atoms with Crippen molar-refractivity contribution in [3.63, 3.8) is 0 Å². The van der Waals surface area contributed by atoms with E-state index in [-0.39, 0.29) is 24.8 Å². The molecule has 0 aromatic heterocycles. The van der Waals surface area contributed by atoms with Gasteiger partial charge < -0.3 is 24.4 Å². The van der Waals surface area contributed by atoms with E-state index in [4.69, 9.17) is 14.2 Å². The lowest BCUT2D eigenvalue weighted by Gasteiger charge is -2.29. The summed E-state index contributed by atoms with van der Waals surface area (Å²) in [5.41, 5.74) is 0.695. The van der Waals surface area contributed by atoms with E-state index in [0.717, 1.165) is 0 Å². The lowest BCUT2D eigenvalue weighted by molar-refractivity contribution is -0.122. The number of carbonyl (C=O) groups excluding carboxylic acids is 2. The van der Waals surface area contributed by atoms with Crippen LogP contribution in [-0.4, -0.2) is 45.2 Å². The summed E-state index contributed by atoms with van der Waals surface area (Å²) in [6.07, 6.45) is 0.203. The molecular weight excluding hydrogens is 348 g/mol. The molecule has 2 aromatic rings. The molecule has 2 aromatic carbocycles. The van der Waals surface area contributed by atoms with Gasteiger partial charge >= 0.3 is 0 Å². The van der Waals surface area contributed by atoms with Gasteiger partial charge in [0, 0.05) is 13.0 Å². The van der Waals surface area contributed by atoms with Crippen LogP contribution < -0.4 is 24.4 Å². The number of fused-ring (bicyclic) bond motifs is 1. The Balaban J connectivity index is 1.43. The zero-order chi connectivity index (χ0) is 19.1. The molecule has 7 heteroatoms. The van der Waals surface area contributed by atoms with Crippen LogP contribution >= 0.6 is 0 Å². The Kier molecular flexibility index (Phi) is 6.14. The molecule has 7 nitrogen and oxygen atoms in total. The van der Waals surface area contributed by atoms with Crippen molar-refractivity contribution in [2.24, 2.45) is 0 Å². The second-order valence-electron chi connectivity index (χ2n) is 5.90. The summed E-state index contributed by atoms with van der Waals surface area (Å²) in [5, 5.41) is 2.79. The average Bonchev–Trinajstić information content (AvgIpc) is 2.70. The Bertz CT molecular complexity index is 808. The number of methoxy groups -OCH3 is 1. The average molecular weight is 370 g/mol. The summed E-state index contributed by atoms with van der Waals surface area (Å²) < 4.78 is 16.2. The molecule has 1 aliphatic rings. The van der Waals surface area contributed by atoms with Crippen molar-refractivity contribution < 1.29 is 23.8 Å². The van der Waals surface area contributed by atoms with Gasteiger partial charge in [-0.15, -0.1) is 0 Å². The SMILES string of the molecule is COc1ccccc1OCCNC(=O)CCN1C(=O)COc2ccccc21. The van der Waals surface area contributed by atoms with Gasteiger partial charge in [0.2, 0.25) is 5.91 Å². The number of amides is 2. The van der Waals surface area contributed by atoms with E-state index in [9.17, 15) is 9.59 Å². The molecule has 27 heavy (non-hydrogen) atoms. The Labute approximate surface area is 157 Å². The third kappa shape index (κ3) is 4.69. The molecule has 1 heterocycles. The molecular formula is C20H22N2O5. The summed E-state index contributed by atoms with van der Waals surface area (Å²) >= 11 is 0. The Hall–Kier alpha value is -3.22. The van der Waals surface area contributed by atoms with E-state index < -0.39 is 0 Å². The van der Waals surface area contributed by atoms with Crippen molar-refractivity contribution in [3.8, 4) is 17.2 Å². The monoisotopic (exact) mass is 370 g/mol. The predicted molar refractivity (Wildman–Crippen MR) is 100 cm³/mol. The topological polar surface area (TPSA) is 77.1 Å². The highest BCUT2D eigenvalue weighted by atomic mass is 16.5. The maximum atomic E-state index is 12.1. The highest BCUT2D eigenvalue weighted by Crippen LogP contribution is 2.31. The maximum absolute atomic E-state index is 12.1. The molecule has 0 aliphatic carbocycles. The standard InChI is InChI=1S/C20H22N2O5/c1-25-17-8-4-5-9-18(17)26-13-11-21-19(23)10-12-22-15-6-2-3-7-16(15)27-14-20(22)24/h2-9H,10-14H2,1H3,(H,21,23). The van der Waals surface area contributed by atoms with Gasteiger partial charge in [0.25, 0.3) is 5.91 Å². The molecule has 3 rings (SSSR count). The van der Waals surface area contributed by atoms with Gasteiger partial charge in [-0.25, -0.2) is 0 Å². The number of hydrogen-bond donors (Lipinski definition) is 1. The van der Waals surface area contributed by atoms with E-state index in [1.165, 1.54) is 0 Å². The van der Waals surface area contributed by atoms with Gasteiger partial charge in [0.1, 0.15) is 12.4 Å². The van der Waals surface area contributed by atoms with Crippen LogP contribution in [0.3, 0.4) is 0 Å². The number of nitrogens with one attached hydrogen (secondary N) is 1. The Morgan fingerprint density at radius 2 is 1.89 bits per heavy atom. The molecule has 0 saturated carbocycles. The van der Waals surface area contributed by atoms with Gasteiger partial charge in [0.15, 0.2) is 18.1 Å². The van der Waals surface area contributed by atoms with Crippen LogP contribution in [0.1, 0.15) is 6.42 Å². The van der Waals surface area contributed by atoms with Gasteiger partial charge in [-0.05, 0) is 24.3 Å². The summed E-state index contributed by atoms with van der Waals surface area (Å²) in [7, 11) is 1.58. The third-order valence-corrected chi connectivity index (χ3v) is 4.12. The lowest BCUT2D eigenvalue weighted by atomic mass is 10.2. The smallest absolute Gasteiger partial charge is 0.265 e. The fraction of sp³-hybridized carbons (Fsp3) is 0.300. The molecule has 2 amide bonds. The number of carbonyl (C=O) groups is 2. The second-order valence-corrected chi connectivity index (χ2v) is 5.90. The van der Waals surface area contributed by atoms with Crippen molar-refractivity contribution in [1.82, 2.24) is 5.32 Å². The van der Waals surface area contributed by atoms with Crippen LogP contribution in [0.15, 0.2) is 48.5 Å². The first kappa shape index (κ1) is 18.6. The largest absolute Gasteiger partial charge is 0.493 e. The van der Waals surface area contributed by atoms with E-state index in [0.29, 0.717) is 42.6 Å². The fourth-order valence-corrected chi connectivity index (χ4v) is 2.79. The number of anilines is 1. The predicted octanol–water partition coefficient (Wildman–Crippen LogP) is 2.01. The van der Waals surface area contributed by atoms with E-state index in [2.05, 4.69) is 5.32 Å². The highest BCUT2D eigenvalue weighted by Gasteiger charge is 2.25. The molecule has 0 bridgehead atoms. The molecule has 1 aliphatic heterocycles. The van der Waals surface area contributed by atoms with Crippen LogP contribution in [0.2, 0.25) is 0 Å². The molecule has 0 saturated heterocycles. The van der Waals surface area contributed by atoms with Crippen molar-refractivity contribution in [3.05, 3.63) is 48.5 Å². The number of rotatable bonds is 8. The van der Waals surface area contributed by atoms with Crippen LogP contribution in [-0.2, 0) is 9.59 Å². The van der Waals surface area contributed by atoms with Gasteiger partial charge in [-0.2, -0.15) is 0 Å². The number of benzene rings is 2. The molecule has 0 unspecified atom stereocenters. The molecule has 0 spiro atoms. The first-order valence-electron chi connectivity index (χ1n) is 8.74. The van der Waals surface area contributed by atoms with Crippen LogP contribution in [0.25, 0.3) is 0 Å². The first-order valence-corrected chi connectivity index (χ1v) is 8.74. The van der Waals surface area contributed by atoms with Gasteiger partial charge in [-0.1, -0.05) is 24.3 Å². The lowest BCUT2D eigenvalue weighted by Crippen LogP contribution is -2.41.